The number of sulfonamides is 1. The van der Waals surface area contributed by atoms with Crippen LogP contribution in [0.25, 0.3) is 0 Å². The molecule has 0 radical (unpaired) electrons. The van der Waals surface area contributed by atoms with Gasteiger partial charge in [0.05, 0.1) is 11.4 Å². The van der Waals surface area contributed by atoms with E-state index < -0.39 is 10.0 Å². The smallest absolute Gasteiger partial charge is 0.246 e. The predicted molar refractivity (Wildman–Crippen MR) is 103 cm³/mol. The highest BCUT2D eigenvalue weighted by atomic mass is 35.5. The van der Waals surface area contributed by atoms with E-state index in [4.69, 9.17) is 11.6 Å². The van der Waals surface area contributed by atoms with Gasteiger partial charge in [-0.1, -0.05) is 23.7 Å². The maximum absolute atomic E-state index is 13.1. The van der Waals surface area contributed by atoms with Crippen LogP contribution in [0.2, 0.25) is 5.02 Å². The Balaban J connectivity index is 1.69. The minimum absolute atomic E-state index is 0.366. The van der Waals surface area contributed by atoms with E-state index in [2.05, 4.69) is 10.00 Å². The molecule has 1 fully saturated rings. The first-order valence-corrected chi connectivity index (χ1v) is 10.7. The summed E-state index contributed by atoms with van der Waals surface area (Å²) in [6.45, 7) is 9.43. The second-order valence-electron chi connectivity index (χ2n) is 6.62. The lowest BCUT2D eigenvalue weighted by atomic mass is 10.2. The molecule has 1 aliphatic rings. The molecule has 8 heteroatoms. The lowest BCUT2D eigenvalue weighted by Gasteiger charge is -2.34. The Hall–Kier alpha value is -1.41. The standard InChI is InChI=1S/C18H25ClN4O2S/c1-4-23-15(3)18(14(2)20-23)26(24,25)22-11-9-21(10-12-22)13-16-5-7-17(19)8-6-16/h5-8H,4,9-13H2,1-3H3. The molecular weight excluding hydrogens is 372 g/mol. The molecule has 2 aromatic rings. The number of hydrogen-bond donors (Lipinski definition) is 0. The predicted octanol–water partition coefficient (Wildman–Crippen LogP) is 2.68. The summed E-state index contributed by atoms with van der Waals surface area (Å²) < 4.78 is 29.5. The number of hydrogen-bond acceptors (Lipinski definition) is 4. The zero-order valence-corrected chi connectivity index (χ0v) is 17.0. The van der Waals surface area contributed by atoms with Crippen LogP contribution in [0.4, 0.5) is 0 Å². The SMILES string of the molecule is CCn1nc(C)c(S(=O)(=O)N2CCN(Cc3ccc(Cl)cc3)CC2)c1C. The Morgan fingerprint density at radius 2 is 1.69 bits per heavy atom. The van der Waals surface area contributed by atoms with E-state index in [9.17, 15) is 8.42 Å². The first-order chi connectivity index (χ1) is 12.3. The highest BCUT2D eigenvalue weighted by Gasteiger charge is 2.33. The van der Waals surface area contributed by atoms with Gasteiger partial charge in [-0.05, 0) is 38.5 Å². The summed E-state index contributed by atoms with van der Waals surface area (Å²) in [6, 6.07) is 7.79. The van der Waals surface area contributed by atoms with Gasteiger partial charge in [0.15, 0.2) is 0 Å². The van der Waals surface area contributed by atoms with Gasteiger partial charge in [0, 0.05) is 44.3 Å². The molecule has 0 atom stereocenters. The first-order valence-electron chi connectivity index (χ1n) is 8.84. The van der Waals surface area contributed by atoms with Gasteiger partial charge < -0.3 is 0 Å². The van der Waals surface area contributed by atoms with E-state index in [-0.39, 0.29) is 0 Å². The lowest BCUT2D eigenvalue weighted by molar-refractivity contribution is 0.181. The van der Waals surface area contributed by atoms with Crippen molar-refractivity contribution in [3.05, 3.63) is 46.2 Å². The molecule has 0 N–H and O–H groups in total. The quantitative estimate of drug-likeness (QED) is 0.779. The van der Waals surface area contributed by atoms with E-state index in [1.807, 2.05) is 38.1 Å². The molecule has 2 heterocycles. The minimum atomic E-state index is -3.51. The molecule has 0 spiro atoms. The van der Waals surface area contributed by atoms with Gasteiger partial charge in [-0.2, -0.15) is 9.40 Å². The Labute approximate surface area is 160 Å². The summed E-state index contributed by atoms with van der Waals surface area (Å²) in [4.78, 5) is 2.63. The summed E-state index contributed by atoms with van der Waals surface area (Å²) in [6.07, 6.45) is 0. The van der Waals surface area contributed by atoms with Crippen LogP contribution in [0.15, 0.2) is 29.2 Å². The van der Waals surface area contributed by atoms with E-state index in [1.165, 1.54) is 5.56 Å². The van der Waals surface area contributed by atoms with E-state index >= 15 is 0 Å². The lowest BCUT2D eigenvalue weighted by Crippen LogP contribution is -2.48. The van der Waals surface area contributed by atoms with Crippen LogP contribution < -0.4 is 0 Å². The van der Waals surface area contributed by atoms with Crippen molar-refractivity contribution in [1.82, 2.24) is 19.0 Å². The van der Waals surface area contributed by atoms with Crippen molar-refractivity contribution < 1.29 is 8.42 Å². The third-order valence-electron chi connectivity index (χ3n) is 4.86. The Morgan fingerprint density at radius 3 is 2.23 bits per heavy atom. The zero-order valence-electron chi connectivity index (χ0n) is 15.4. The van der Waals surface area contributed by atoms with Crippen LogP contribution in [0.3, 0.4) is 0 Å². The molecule has 1 saturated heterocycles. The zero-order chi connectivity index (χ0) is 18.9. The van der Waals surface area contributed by atoms with Gasteiger partial charge in [-0.25, -0.2) is 8.42 Å². The molecule has 0 aliphatic carbocycles. The molecule has 142 valence electrons. The van der Waals surface area contributed by atoms with Crippen molar-refractivity contribution in [2.45, 2.75) is 38.8 Å². The molecule has 3 rings (SSSR count). The molecule has 0 bridgehead atoms. The van der Waals surface area contributed by atoms with Crippen molar-refractivity contribution in [3.8, 4) is 0 Å². The molecule has 0 saturated carbocycles. The number of halogens is 1. The molecule has 0 unspecified atom stereocenters. The number of piperazine rings is 1. The summed E-state index contributed by atoms with van der Waals surface area (Å²) in [5, 5.41) is 5.08. The normalized spacial score (nSPS) is 16.9. The average Bonchev–Trinajstić information content (AvgIpc) is 2.91. The average molecular weight is 397 g/mol. The molecule has 26 heavy (non-hydrogen) atoms. The van der Waals surface area contributed by atoms with E-state index in [0.29, 0.717) is 49.0 Å². The van der Waals surface area contributed by atoms with E-state index in [1.54, 1.807) is 15.9 Å². The van der Waals surface area contributed by atoms with Crippen LogP contribution in [0.5, 0.6) is 0 Å². The Kier molecular flexibility index (Phi) is 5.72. The maximum atomic E-state index is 13.1. The molecule has 0 amide bonds. The number of benzene rings is 1. The number of aromatic nitrogens is 2. The Morgan fingerprint density at radius 1 is 1.08 bits per heavy atom. The fourth-order valence-electron chi connectivity index (χ4n) is 3.47. The van der Waals surface area contributed by atoms with Crippen LogP contribution in [0.1, 0.15) is 23.9 Å². The van der Waals surface area contributed by atoms with Gasteiger partial charge in [0.1, 0.15) is 4.90 Å². The number of nitrogens with zero attached hydrogens (tertiary/aromatic N) is 4. The van der Waals surface area contributed by atoms with E-state index in [0.717, 1.165) is 11.6 Å². The maximum Gasteiger partial charge on any atom is 0.246 e. The fourth-order valence-corrected chi connectivity index (χ4v) is 5.39. The second kappa shape index (κ2) is 7.68. The van der Waals surface area contributed by atoms with Gasteiger partial charge >= 0.3 is 0 Å². The van der Waals surface area contributed by atoms with Crippen molar-refractivity contribution >= 4 is 21.6 Å². The minimum Gasteiger partial charge on any atom is -0.296 e. The number of aryl methyl sites for hydroxylation is 2. The largest absolute Gasteiger partial charge is 0.296 e. The van der Waals surface area contributed by atoms with Crippen LogP contribution in [-0.4, -0.2) is 53.6 Å². The summed E-state index contributed by atoms with van der Waals surface area (Å²) >= 11 is 5.93. The molecule has 1 aliphatic heterocycles. The third kappa shape index (κ3) is 3.81. The van der Waals surface area contributed by atoms with Crippen molar-refractivity contribution in [2.75, 3.05) is 26.2 Å². The highest BCUT2D eigenvalue weighted by molar-refractivity contribution is 7.89. The summed E-state index contributed by atoms with van der Waals surface area (Å²) in [7, 11) is -3.51. The van der Waals surface area contributed by atoms with Gasteiger partial charge in [-0.3, -0.25) is 9.58 Å². The van der Waals surface area contributed by atoms with Crippen LogP contribution in [-0.2, 0) is 23.1 Å². The third-order valence-corrected chi connectivity index (χ3v) is 7.27. The summed E-state index contributed by atoms with van der Waals surface area (Å²) in [5.41, 5.74) is 2.48. The fraction of sp³-hybridized carbons (Fsp3) is 0.500. The van der Waals surface area contributed by atoms with Crippen molar-refractivity contribution in [2.24, 2.45) is 0 Å². The van der Waals surface area contributed by atoms with Gasteiger partial charge in [0.25, 0.3) is 0 Å². The van der Waals surface area contributed by atoms with Crippen LogP contribution >= 0.6 is 11.6 Å². The van der Waals surface area contributed by atoms with Gasteiger partial charge in [0.2, 0.25) is 10.0 Å². The highest BCUT2D eigenvalue weighted by Crippen LogP contribution is 2.25. The first kappa shape index (κ1) is 19.4. The number of rotatable bonds is 5. The second-order valence-corrected chi connectivity index (χ2v) is 8.93. The van der Waals surface area contributed by atoms with Crippen molar-refractivity contribution in [3.63, 3.8) is 0 Å². The molecular formula is C18H25ClN4O2S. The Bertz CT molecular complexity index is 869. The molecule has 6 nitrogen and oxygen atoms in total. The molecule has 1 aromatic heterocycles. The van der Waals surface area contributed by atoms with Crippen LogP contribution in [0, 0.1) is 13.8 Å². The molecule has 1 aromatic carbocycles. The van der Waals surface area contributed by atoms with Crippen molar-refractivity contribution in [1.29, 1.82) is 0 Å². The van der Waals surface area contributed by atoms with Gasteiger partial charge in [-0.15, -0.1) is 0 Å². The topological polar surface area (TPSA) is 58.4 Å². The summed E-state index contributed by atoms with van der Waals surface area (Å²) in [5.74, 6) is 0. The monoisotopic (exact) mass is 396 g/mol.